The van der Waals surface area contributed by atoms with Crippen LogP contribution in [0.5, 0.6) is 0 Å². The van der Waals surface area contributed by atoms with Crippen molar-refractivity contribution in [3.05, 3.63) is 59.2 Å². The number of benzene rings is 2. The van der Waals surface area contributed by atoms with Crippen molar-refractivity contribution < 1.29 is 32.3 Å². The van der Waals surface area contributed by atoms with Crippen LogP contribution in [0.25, 0.3) is 0 Å². The van der Waals surface area contributed by atoms with Gasteiger partial charge in [0.1, 0.15) is 0 Å². The molecular formula is C21H22N2O7S. The topological polar surface area (TPSA) is 119 Å². The molecule has 1 fully saturated rings. The third-order valence-corrected chi connectivity index (χ3v) is 6.65. The number of anilines is 2. The van der Waals surface area contributed by atoms with Gasteiger partial charge in [-0.1, -0.05) is 6.07 Å². The SMILES string of the molecule is COC(=O)c1cc(NC(=O)c2cccc(N3CCCCS3(=O)=O)c2)cc(C(=O)OC)c1. The highest BCUT2D eigenvalue weighted by Gasteiger charge is 2.26. The van der Waals surface area contributed by atoms with E-state index in [1.165, 1.54) is 42.8 Å². The van der Waals surface area contributed by atoms with E-state index in [4.69, 9.17) is 0 Å². The Morgan fingerprint density at radius 2 is 1.55 bits per heavy atom. The van der Waals surface area contributed by atoms with Crippen molar-refractivity contribution >= 4 is 39.2 Å². The Labute approximate surface area is 180 Å². The van der Waals surface area contributed by atoms with Crippen molar-refractivity contribution in [1.29, 1.82) is 0 Å². The second-order valence-electron chi connectivity index (χ2n) is 6.88. The minimum absolute atomic E-state index is 0.0638. The molecule has 2 aromatic rings. The van der Waals surface area contributed by atoms with Crippen LogP contribution in [0.3, 0.4) is 0 Å². The maximum absolute atomic E-state index is 12.8. The first-order valence-electron chi connectivity index (χ1n) is 9.48. The largest absolute Gasteiger partial charge is 0.465 e. The summed E-state index contributed by atoms with van der Waals surface area (Å²) in [6.45, 7) is 0.358. The lowest BCUT2D eigenvalue weighted by molar-refractivity contribution is 0.0598. The Morgan fingerprint density at radius 1 is 0.903 bits per heavy atom. The second-order valence-corrected chi connectivity index (χ2v) is 8.89. The minimum Gasteiger partial charge on any atom is -0.465 e. The Balaban J connectivity index is 1.89. The molecule has 0 aliphatic carbocycles. The summed E-state index contributed by atoms with van der Waals surface area (Å²) in [6.07, 6.45) is 1.35. The summed E-state index contributed by atoms with van der Waals surface area (Å²) in [5.41, 5.74) is 0.944. The highest BCUT2D eigenvalue weighted by atomic mass is 32.2. The third kappa shape index (κ3) is 5.02. The zero-order valence-electron chi connectivity index (χ0n) is 17.1. The van der Waals surface area contributed by atoms with E-state index >= 15 is 0 Å². The van der Waals surface area contributed by atoms with Crippen molar-refractivity contribution in [3.63, 3.8) is 0 Å². The molecule has 0 spiro atoms. The molecule has 31 heavy (non-hydrogen) atoms. The van der Waals surface area contributed by atoms with Crippen molar-refractivity contribution in [2.24, 2.45) is 0 Å². The van der Waals surface area contributed by atoms with Gasteiger partial charge in [-0.15, -0.1) is 0 Å². The molecule has 1 aliphatic rings. The molecule has 0 aromatic heterocycles. The number of hydrogen-bond acceptors (Lipinski definition) is 7. The summed E-state index contributed by atoms with van der Waals surface area (Å²) in [4.78, 5) is 36.6. The number of esters is 2. The molecule has 0 atom stereocenters. The second kappa shape index (κ2) is 9.17. The quantitative estimate of drug-likeness (QED) is 0.701. The van der Waals surface area contributed by atoms with Gasteiger partial charge in [-0.25, -0.2) is 18.0 Å². The van der Waals surface area contributed by atoms with Crippen LogP contribution >= 0.6 is 0 Å². The predicted molar refractivity (Wildman–Crippen MR) is 114 cm³/mol. The van der Waals surface area contributed by atoms with Crippen LogP contribution in [0.1, 0.15) is 43.9 Å². The number of nitrogens with one attached hydrogen (secondary N) is 1. The van der Waals surface area contributed by atoms with Crippen LogP contribution < -0.4 is 9.62 Å². The molecule has 1 amide bonds. The third-order valence-electron chi connectivity index (χ3n) is 4.78. The lowest BCUT2D eigenvalue weighted by Crippen LogP contribution is -2.37. The number of rotatable bonds is 5. The first kappa shape index (κ1) is 22.3. The molecule has 0 bridgehead atoms. The number of amides is 1. The predicted octanol–water partition coefficient (Wildman–Crippen LogP) is 2.44. The van der Waals surface area contributed by atoms with E-state index in [9.17, 15) is 22.8 Å². The molecule has 0 unspecified atom stereocenters. The number of nitrogens with zero attached hydrogens (tertiary/aromatic N) is 1. The van der Waals surface area contributed by atoms with E-state index in [2.05, 4.69) is 14.8 Å². The van der Waals surface area contributed by atoms with Crippen molar-refractivity contribution in [1.82, 2.24) is 0 Å². The molecule has 1 N–H and O–H groups in total. The summed E-state index contributed by atoms with van der Waals surface area (Å²) in [7, 11) is -1.02. The van der Waals surface area contributed by atoms with Gasteiger partial charge in [0.25, 0.3) is 5.91 Å². The van der Waals surface area contributed by atoms with Crippen LogP contribution in [0, 0.1) is 0 Å². The molecule has 3 rings (SSSR count). The molecule has 2 aromatic carbocycles. The monoisotopic (exact) mass is 446 g/mol. The smallest absolute Gasteiger partial charge is 0.337 e. The van der Waals surface area contributed by atoms with Crippen LogP contribution in [0.4, 0.5) is 11.4 Å². The van der Waals surface area contributed by atoms with E-state index in [1.807, 2.05) is 0 Å². The summed E-state index contributed by atoms with van der Waals surface area (Å²) in [6, 6.07) is 10.3. The van der Waals surface area contributed by atoms with Gasteiger partial charge in [-0.05, 0) is 49.2 Å². The molecule has 0 radical (unpaired) electrons. The molecule has 1 saturated heterocycles. The van der Waals surface area contributed by atoms with Crippen LogP contribution in [0.15, 0.2) is 42.5 Å². The van der Waals surface area contributed by atoms with Gasteiger partial charge < -0.3 is 14.8 Å². The van der Waals surface area contributed by atoms with Crippen molar-refractivity contribution in [3.8, 4) is 0 Å². The summed E-state index contributed by atoms with van der Waals surface area (Å²) in [5.74, 6) is -1.83. The average molecular weight is 446 g/mol. The van der Waals surface area contributed by atoms with Gasteiger partial charge in [0.15, 0.2) is 0 Å². The van der Waals surface area contributed by atoms with Crippen LogP contribution in [0.2, 0.25) is 0 Å². The van der Waals surface area contributed by atoms with Crippen LogP contribution in [-0.4, -0.2) is 52.8 Å². The number of hydrogen-bond donors (Lipinski definition) is 1. The number of carbonyl (C=O) groups is 3. The molecule has 1 aliphatic heterocycles. The highest BCUT2D eigenvalue weighted by molar-refractivity contribution is 7.92. The maximum Gasteiger partial charge on any atom is 0.337 e. The van der Waals surface area contributed by atoms with E-state index in [0.29, 0.717) is 18.7 Å². The highest BCUT2D eigenvalue weighted by Crippen LogP contribution is 2.25. The van der Waals surface area contributed by atoms with E-state index < -0.39 is 27.9 Å². The maximum atomic E-state index is 12.8. The van der Waals surface area contributed by atoms with E-state index in [0.717, 1.165) is 6.42 Å². The first-order valence-corrected chi connectivity index (χ1v) is 11.1. The minimum atomic E-state index is -3.42. The first-order chi connectivity index (χ1) is 14.7. The number of sulfonamides is 1. The van der Waals surface area contributed by atoms with Gasteiger partial charge in [0.2, 0.25) is 10.0 Å². The van der Waals surface area contributed by atoms with Gasteiger partial charge in [0.05, 0.1) is 36.8 Å². The summed E-state index contributed by atoms with van der Waals surface area (Å²) < 4.78 is 35.4. The Morgan fingerprint density at radius 3 is 2.13 bits per heavy atom. The molecule has 9 nitrogen and oxygen atoms in total. The van der Waals surface area contributed by atoms with Gasteiger partial charge in [-0.3, -0.25) is 9.10 Å². The number of methoxy groups -OCH3 is 2. The fourth-order valence-electron chi connectivity index (χ4n) is 3.26. The van der Waals surface area contributed by atoms with Gasteiger partial charge in [0, 0.05) is 17.8 Å². The number of ether oxygens (including phenoxy) is 2. The molecule has 10 heteroatoms. The molecule has 164 valence electrons. The zero-order chi connectivity index (χ0) is 22.6. The fraction of sp³-hybridized carbons (Fsp3) is 0.286. The molecule has 0 saturated carbocycles. The fourth-order valence-corrected chi connectivity index (χ4v) is 4.89. The standard InChI is InChI=1S/C21H22N2O7S/c1-29-20(25)15-10-16(21(26)30-2)12-17(11-15)22-19(24)14-6-5-7-18(13-14)23-8-3-4-9-31(23,27)28/h5-7,10-13H,3-4,8-9H2,1-2H3,(H,22,24). The van der Waals surface area contributed by atoms with Crippen LogP contribution in [-0.2, 0) is 19.5 Å². The van der Waals surface area contributed by atoms with E-state index in [1.54, 1.807) is 18.2 Å². The summed E-state index contributed by atoms with van der Waals surface area (Å²) in [5, 5.41) is 2.63. The average Bonchev–Trinajstić information content (AvgIpc) is 2.77. The lowest BCUT2D eigenvalue weighted by atomic mass is 10.1. The van der Waals surface area contributed by atoms with Crippen molar-refractivity contribution in [2.75, 3.05) is 36.1 Å². The zero-order valence-corrected chi connectivity index (χ0v) is 17.9. The molecule has 1 heterocycles. The molecular weight excluding hydrogens is 424 g/mol. The number of carbonyl (C=O) groups excluding carboxylic acids is 3. The Bertz CT molecular complexity index is 1090. The Hall–Kier alpha value is -3.40. The van der Waals surface area contributed by atoms with E-state index in [-0.39, 0.29) is 28.1 Å². The van der Waals surface area contributed by atoms with Crippen molar-refractivity contribution in [2.45, 2.75) is 12.8 Å². The van der Waals surface area contributed by atoms with Gasteiger partial charge in [-0.2, -0.15) is 0 Å². The lowest BCUT2D eigenvalue weighted by Gasteiger charge is -2.28. The normalized spacial score (nSPS) is 15.1. The summed E-state index contributed by atoms with van der Waals surface area (Å²) >= 11 is 0. The Kier molecular flexibility index (Phi) is 6.59. The van der Waals surface area contributed by atoms with Gasteiger partial charge >= 0.3 is 11.9 Å².